The van der Waals surface area contributed by atoms with Gasteiger partial charge in [0.15, 0.2) is 0 Å². The number of nitrogens with one attached hydrogen (secondary N) is 2. The minimum atomic E-state index is -0.235. The molecule has 0 fully saturated rings. The lowest BCUT2D eigenvalue weighted by atomic mass is 10.3. The first-order valence-electron chi connectivity index (χ1n) is 8.77. The Morgan fingerprint density at radius 1 is 1.26 bits per heavy atom. The maximum Gasteiger partial charge on any atom is 0.322 e. The summed E-state index contributed by atoms with van der Waals surface area (Å²) in [4.78, 5) is 30.8. The van der Waals surface area contributed by atoms with Crippen LogP contribution in [-0.4, -0.2) is 41.0 Å². The van der Waals surface area contributed by atoms with Crippen molar-refractivity contribution in [3.63, 3.8) is 0 Å². The normalized spacial score (nSPS) is 10.8. The Morgan fingerprint density at radius 2 is 2.00 bits per heavy atom. The van der Waals surface area contributed by atoms with E-state index in [4.69, 9.17) is 4.74 Å². The van der Waals surface area contributed by atoms with E-state index in [2.05, 4.69) is 15.6 Å². The summed E-state index contributed by atoms with van der Waals surface area (Å²) in [5.41, 5.74) is 1.03. The van der Waals surface area contributed by atoms with Crippen molar-refractivity contribution < 1.29 is 14.3 Å². The fraction of sp³-hybridized carbons (Fsp3) is 0.421. The summed E-state index contributed by atoms with van der Waals surface area (Å²) < 4.78 is 5.18. The quantitative estimate of drug-likeness (QED) is 0.754. The van der Waals surface area contributed by atoms with Gasteiger partial charge in [-0.1, -0.05) is 6.07 Å². The van der Waals surface area contributed by atoms with Crippen molar-refractivity contribution in [3.8, 4) is 5.75 Å². The van der Waals surface area contributed by atoms with Gasteiger partial charge in [0.05, 0.1) is 13.7 Å². The lowest BCUT2D eigenvalue weighted by Gasteiger charge is -2.26. The summed E-state index contributed by atoms with van der Waals surface area (Å²) in [6, 6.07) is 6.96. The second kappa shape index (κ2) is 9.36. The fourth-order valence-electron chi connectivity index (χ4n) is 2.35. The van der Waals surface area contributed by atoms with Gasteiger partial charge in [0.2, 0.25) is 0 Å². The first kappa shape index (κ1) is 20.7. The van der Waals surface area contributed by atoms with E-state index in [-0.39, 0.29) is 24.0 Å². The van der Waals surface area contributed by atoms with Crippen molar-refractivity contribution in [1.29, 1.82) is 0 Å². The summed E-state index contributed by atoms with van der Waals surface area (Å²) in [5.74, 6) is 0.467. The smallest absolute Gasteiger partial charge is 0.322 e. The van der Waals surface area contributed by atoms with Crippen molar-refractivity contribution in [1.82, 2.24) is 15.2 Å². The molecule has 0 aliphatic rings. The molecule has 146 valence electrons. The number of ether oxygens (including phenoxy) is 1. The number of urea groups is 1. The van der Waals surface area contributed by atoms with Crippen LogP contribution in [0.1, 0.15) is 43.2 Å². The predicted molar refractivity (Wildman–Crippen MR) is 107 cm³/mol. The summed E-state index contributed by atoms with van der Waals surface area (Å²) in [6.45, 7) is 7.99. The number of rotatable bonds is 7. The third-order valence-corrected chi connectivity index (χ3v) is 4.55. The van der Waals surface area contributed by atoms with Crippen molar-refractivity contribution in [2.24, 2.45) is 0 Å². The zero-order valence-corrected chi connectivity index (χ0v) is 17.1. The lowest BCUT2D eigenvalue weighted by Crippen LogP contribution is -2.39. The Morgan fingerprint density at radius 3 is 2.63 bits per heavy atom. The van der Waals surface area contributed by atoms with Crippen LogP contribution in [0.15, 0.2) is 29.6 Å². The Hall–Kier alpha value is -2.61. The first-order valence-corrected chi connectivity index (χ1v) is 9.65. The molecule has 2 rings (SSSR count). The molecule has 0 saturated carbocycles. The molecular weight excluding hydrogens is 364 g/mol. The van der Waals surface area contributed by atoms with Crippen molar-refractivity contribution >= 4 is 29.0 Å². The number of anilines is 1. The van der Waals surface area contributed by atoms with Crippen LogP contribution in [0.25, 0.3) is 0 Å². The molecule has 0 aliphatic carbocycles. The maximum absolute atomic E-state index is 12.7. The molecular formula is C19H26N4O3S. The average molecular weight is 391 g/mol. The van der Waals surface area contributed by atoms with Crippen LogP contribution in [0.4, 0.5) is 10.5 Å². The number of amides is 3. The van der Waals surface area contributed by atoms with E-state index in [9.17, 15) is 9.59 Å². The summed E-state index contributed by atoms with van der Waals surface area (Å²) >= 11 is 1.37. The number of methoxy groups -OCH3 is 1. The van der Waals surface area contributed by atoms with Crippen LogP contribution in [0.5, 0.6) is 5.75 Å². The Balaban J connectivity index is 2.07. The van der Waals surface area contributed by atoms with Gasteiger partial charge in [-0.15, -0.1) is 11.3 Å². The third kappa shape index (κ3) is 5.96. The SMILES string of the molecule is COc1cccc(NC(=O)N(Cc2nc(C(=O)NC(C)C)cs2)C(C)C)c1. The van der Waals surface area contributed by atoms with E-state index >= 15 is 0 Å². The van der Waals surface area contributed by atoms with E-state index in [1.54, 1.807) is 29.5 Å². The molecule has 3 amide bonds. The third-order valence-electron chi connectivity index (χ3n) is 3.71. The zero-order chi connectivity index (χ0) is 20.0. The highest BCUT2D eigenvalue weighted by molar-refractivity contribution is 7.09. The second-order valence-corrected chi connectivity index (χ2v) is 7.58. The number of carbonyl (C=O) groups is 2. The fourth-order valence-corrected chi connectivity index (χ4v) is 3.13. The Bertz CT molecular complexity index is 789. The molecule has 0 atom stereocenters. The molecule has 0 spiro atoms. The number of hydrogen-bond acceptors (Lipinski definition) is 5. The van der Waals surface area contributed by atoms with E-state index in [1.807, 2.05) is 39.8 Å². The van der Waals surface area contributed by atoms with E-state index < -0.39 is 0 Å². The lowest BCUT2D eigenvalue weighted by molar-refractivity contribution is 0.0938. The largest absolute Gasteiger partial charge is 0.497 e. The van der Waals surface area contributed by atoms with Gasteiger partial charge in [0, 0.05) is 29.2 Å². The van der Waals surface area contributed by atoms with Crippen LogP contribution >= 0.6 is 11.3 Å². The zero-order valence-electron chi connectivity index (χ0n) is 16.3. The summed E-state index contributed by atoms with van der Waals surface area (Å²) in [7, 11) is 1.58. The van der Waals surface area contributed by atoms with Gasteiger partial charge in [-0.2, -0.15) is 0 Å². The van der Waals surface area contributed by atoms with Gasteiger partial charge in [-0.05, 0) is 39.8 Å². The molecule has 0 bridgehead atoms. The molecule has 7 nitrogen and oxygen atoms in total. The monoisotopic (exact) mass is 390 g/mol. The topological polar surface area (TPSA) is 83.6 Å². The number of hydrogen-bond donors (Lipinski definition) is 2. The molecule has 2 N–H and O–H groups in total. The van der Waals surface area contributed by atoms with Crippen LogP contribution < -0.4 is 15.4 Å². The van der Waals surface area contributed by atoms with Crippen molar-refractivity contribution in [2.45, 2.75) is 46.3 Å². The Kier molecular flexibility index (Phi) is 7.18. The molecule has 1 aromatic heterocycles. The molecule has 0 aliphatic heterocycles. The van der Waals surface area contributed by atoms with Gasteiger partial charge in [-0.25, -0.2) is 9.78 Å². The highest BCUT2D eigenvalue weighted by Gasteiger charge is 2.20. The van der Waals surface area contributed by atoms with Crippen LogP contribution in [0.2, 0.25) is 0 Å². The minimum absolute atomic E-state index is 0.0348. The molecule has 0 radical (unpaired) electrons. The highest BCUT2D eigenvalue weighted by atomic mass is 32.1. The molecule has 27 heavy (non-hydrogen) atoms. The highest BCUT2D eigenvalue weighted by Crippen LogP contribution is 2.19. The maximum atomic E-state index is 12.7. The van der Waals surface area contributed by atoms with Crippen LogP contribution in [0.3, 0.4) is 0 Å². The van der Waals surface area contributed by atoms with Gasteiger partial charge in [-0.3, -0.25) is 4.79 Å². The molecule has 1 heterocycles. The van der Waals surface area contributed by atoms with Crippen molar-refractivity contribution in [2.75, 3.05) is 12.4 Å². The van der Waals surface area contributed by atoms with Crippen molar-refractivity contribution in [3.05, 3.63) is 40.3 Å². The first-order chi connectivity index (χ1) is 12.8. The molecule has 2 aromatic rings. The molecule has 1 aromatic carbocycles. The standard InChI is InChI=1S/C19H26N4O3S/c1-12(2)20-18(24)16-11-27-17(22-16)10-23(13(3)4)19(25)21-14-7-6-8-15(9-14)26-5/h6-9,11-13H,10H2,1-5H3,(H,20,24)(H,21,25). The Labute approximate surface area is 163 Å². The molecule has 8 heteroatoms. The number of carbonyl (C=O) groups excluding carboxylic acids is 2. The van der Waals surface area contributed by atoms with Gasteiger partial charge in [0.1, 0.15) is 16.5 Å². The second-order valence-electron chi connectivity index (χ2n) is 6.64. The van der Waals surface area contributed by atoms with Gasteiger partial charge in [0.25, 0.3) is 5.91 Å². The average Bonchev–Trinajstić information content (AvgIpc) is 3.07. The number of thiazole rings is 1. The van der Waals surface area contributed by atoms with Crippen LogP contribution in [0, 0.1) is 0 Å². The summed E-state index contributed by atoms with van der Waals surface area (Å²) in [6.07, 6.45) is 0. The van der Waals surface area contributed by atoms with E-state index in [1.165, 1.54) is 11.3 Å². The van der Waals surface area contributed by atoms with Gasteiger partial charge >= 0.3 is 6.03 Å². The van der Waals surface area contributed by atoms with Crippen LogP contribution in [-0.2, 0) is 6.54 Å². The molecule has 0 unspecified atom stereocenters. The van der Waals surface area contributed by atoms with E-state index in [0.717, 1.165) is 0 Å². The number of aromatic nitrogens is 1. The van der Waals surface area contributed by atoms with Gasteiger partial charge < -0.3 is 20.3 Å². The molecule has 0 saturated heterocycles. The summed E-state index contributed by atoms with van der Waals surface area (Å²) in [5, 5.41) is 8.11. The number of benzene rings is 1. The van der Waals surface area contributed by atoms with E-state index in [0.29, 0.717) is 28.7 Å². The number of nitrogens with zero attached hydrogens (tertiary/aromatic N) is 2. The predicted octanol–water partition coefficient (Wildman–Crippen LogP) is 3.73. The minimum Gasteiger partial charge on any atom is -0.497 e.